The van der Waals surface area contributed by atoms with Crippen LogP contribution in [0.4, 0.5) is 28.9 Å². The van der Waals surface area contributed by atoms with E-state index in [9.17, 15) is 19.0 Å². The van der Waals surface area contributed by atoms with Crippen LogP contribution in [0.2, 0.25) is 0 Å². The molecule has 0 spiro atoms. The number of halogens is 4. The second kappa shape index (κ2) is 12.3. The molecule has 0 radical (unpaired) electrons. The maximum Gasteiger partial charge on any atom is 0.323 e. The molecule has 1 saturated heterocycles. The standard InChI is InChI=1S/C33H32F4N8O2/c1-31(2,46)29-12-9-26(19-39-29)44-15-13-43(14-16-44)25-7-3-22(4-8-25)23-5-11-30(38-18-23)33(36,37)32(47,20-45-21-40-41-42-45)27-10-6-24(34)17-28(27)35/h3-12,17-19,21,46-47H,13-16,20H2,1-2H3/t32-/m0/s1. The van der Waals surface area contributed by atoms with Gasteiger partial charge in [0.1, 0.15) is 29.3 Å². The molecule has 5 aromatic rings. The van der Waals surface area contributed by atoms with Gasteiger partial charge in [-0.2, -0.15) is 8.78 Å². The second-order valence-corrected chi connectivity index (χ2v) is 12.0. The molecule has 2 aromatic carbocycles. The van der Waals surface area contributed by atoms with E-state index in [-0.39, 0.29) is 0 Å². The maximum absolute atomic E-state index is 16.1. The molecule has 3 aromatic heterocycles. The molecule has 1 atom stereocenters. The van der Waals surface area contributed by atoms with E-state index in [1.165, 1.54) is 12.3 Å². The number of hydrogen-bond donors (Lipinski definition) is 2. The number of benzene rings is 2. The van der Waals surface area contributed by atoms with E-state index >= 15 is 8.78 Å². The molecule has 14 heteroatoms. The molecular formula is C33H32F4N8O2. The number of anilines is 2. The number of tetrazole rings is 1. The lowest BCUT2D eigenvalue weighted by Gasteiger charge is -2.37. The third kappa shape index (κ3) is 6.38. The molecule has 1 aliphatic heterocycles. The van der Waals surface area contributed by atoms with E-state index in [0.717, 1.165) is 72.3 Å². The Kier molecular flexibility index (Phi) is 8.40. The van der Waals surface area contributed by atoms with Crippen molar-refractivity contribution in [2.45, 2.75) is 37.5 Å². The monoisotopic (exact) mass is 648 g/mol. The number of alkyl halides is 2. The highest BCUT2D eigenvalue weighted by Crippen LogP contribution is 2.47. The highest BCUT2D eigenvalue weighted by atomic mass is 19.3. The predicted octanol–water partition coefficient (Wildman–Crippen LogP) is 4.64. The van der Waals surface area contributed by atoms with Gasteiger partial charge < -0.3 is 20.0 Å². The number of aromatic nitrogens is 6. The average Bonchev–Trinajstić information content (AvgIpc) is 3.57. The third-order valence-corrected chi connectivity index (χ3v) is 8.35. The molecule has 0 aliphatic carbocycles. The summed E-state index contributed by atoms with van der Waals surface area (Å²) >= 11 is 0. The molecule has 244 valence electrons. The van der Waals surface area contributed by atoms with Gasteiger partial charge in [0.2, 0.25) is 0 Å². The summed E-state index contributed by atoms with van der Waals surface area (Å²) in [6, 6.07) is 15.9. The summed E-state index contributed by atoms with van der Waals surface area (Å²) < 4.78 is 61.4. The van der Waals surface area contributed by atoms with Crippen molar-refractivity contribution in [3.05, 3.63) is 114 Å². The van der Waals surface area contributed by atoms with Gasteiger partial charge in [-0.3, -0.25) is 9.97 Å². The molecule has 1 aliphatic rings. The molecular weight excluding hydrogens is 616 g/mol. The van der Waals surface area contributed by atoms with Crippen molar-refractivity contribution in [1.82, 2.24) is 30.2 Å². The van der Waals surface area contributed by atoms with Gasteiger partial charge in [-0.05, 0) is 72.3 Å². The molecule has 0 saturated carbocycles. The molecule has 4 heterocycles. The van der Waals surface area contributed by atoms with Crippen LogP contribution in [0, 0.1) is 11.6 Å². The number of aliphatic hydroxyl groups is 2. The Balaban J connectivity index is 1.16. The van der Waals surface area contributed by atoms with Crippen LogP contribution >= 0.6 is 0 Å². The highest BCUT2D eigenvalue weighted by molar-refractivity contribution is 5.66. The van der Waals surface area contributed by atoms with E-state index in [1.54, 1.807) is 20.0 Å². The molecule has 0 amide bonds. The minimum absolute atomic E-state index is 0.422. The fourth-order valence-electron chi connectivity index (χ4n) is 5.65. The van der Waals surface area contributed by atoms with E-state index in [4.69, 9.17) is 0 Å². The SMILES string of the molecule is CC(C)(O)c1ccc(N2CCN(c3ccc(-c4ccc(C(F)(F)[C@](O)(Cn5cnnn5)c5ccc(F)cc5F)nc4)cc3)CC2)cn1. The molecule has 10 nitrogen and oxygen atoms in total. The summed E-state index contributed by atoms with van der Waals surface area (Å²) in [5, 5.41) is 31.9. The number of piperazine rings is 1. The number of rotatable bonds is 9. The lowest BCUT2D eigenvalue weighted by molar-refractivity contribution is -0.207. The quantitative estimate of drug-likeness (QED) is 0.221. The molecule has 2 N–H and O–H groups in total. The van der Waals surface area contributed by atoms with Gasteiger partial charge in [-0.15, -0.1) is 5.10 Å². The highest BCUT2D eigenvalue weighted by Gasteiger charge is 2.58. The van der Waals surface area contributed by atoms with Gasteiger partial charge in [0.05, 0.1) is 24.1 Å². The van der Waals surface area contributed by atoms with Crippen molar-refractivity contribution in [3.8, 4) is 11.1 Å². The van der Waals surface area contributed by atoms with Crippen molar-refractivity contribution in [3.63, 3.8) is 0 Å². The summed E-state index contributed by atoms with van der Waals surface area (Å²) in [5.74, 6) is -6.48. The topological polar surface area (TPSA) is 116 Å². The lowest BCUT2D eigenvalue weighted by Crippen LogP contribution is -2.48. The second-order valence-electron chi connectivity index (χ2n) is 12.0. The zero-order valence-electron chi connectivity index (χ0n) is 25.6. The van der Waals surface area contributed by atoms with Gasteiger partial charge in [0, 0.05) is 55.3 Å². The normalized spacial score (nSPS) is 15.5. The molecule has 1 fully saturated rings. The van der Waals surface area contributed by atoms with Gasteiger partial charge in [-0.25, -0.2) is 13.5 Å². The Morgan fingerprint density at radius 3 is 1.91 bits per heavy atom. The predicted molar refractivity (Wildman–Crippen MR) is 166 cm³/mol. The number of nitrogens with zero attached hydrogens (tertiary/aromatic N) is 8. The molecule has 47 heavy (non-hydrogen) atoms. The Labute approximate surface area is 267 Å². The summed E-state index contributed by atoms with van der Waals surface area (Å²) in [6.07, 6.45) is 4.04. The van der Waals surface area contributed by atoms with Gasteiger partial charge in [0.15, 0.2) is 5.60 Å². The first-order valence-corrected chi connectivity index (χ1v) is 14.9. The Morgan fingerprint density at radius 1 is 0.745 bits per heavy atom. The summed E-state index contributed by atoms with van der Waals surface area (Å²) in [4.78, 5) is 12.9. The first-order valence-electron chi connectivity index (χ1n) is 14.9. The third-order valence-electron chi connectivity index (χ3n) is 8.35. The van der Waals surface area contributed by atoms with Crippen LogP contribution in [-0.2, 0) is 23.7 Å². The van der Waals surface area contributed by atoms with Gasteiger partial charge in [0.25, 0.3) is 0 Å². The average molecular weight is 649 g/mol. The Hall–Kier alpha value is -4.95. The fraction of sp³-hybridized carbons (Fsp3) is 0.303. The minimum atomic E-state index is -4.14. The first kappa shape index (κ1) is 32.0. The van der Waals surface area contributed by atoms with Crippen LogP contribution < -0.4 is 9.80 Å². The van der Waals surface area contributed by atoms with Crippen LogP contribution in [0.3, 0.4) is 0 Å². The minimum Gasteiger partial charge on any atom is -0.384 e. The maximum atomic E-state index is 16.1. The van der Waals surface area contributed by atoms with Crippen molar-refractivity contribution < 1.29 is 27.8 Å². The van der Waals surface area contributed by atoms with Gasteiger partial charge >= 0.3 is 5.92 Å². The zero-order valence-corrected chi connectivity index (χ0v) is 25.6. The van der Waals surface area contributed by atoms with Crippen molar-refractivity contribution in [2.24, 2.45) is 0 Å². The van der Waals surface area contributed by atoms with Crippen LogP contribution in [0.5, 0.6) is 0 Å². The van der Waals surface area contributed by atoms with Crippen molar-refractivity contribution in [2.75, 3.05) is 36.0 Å². The van der Waals surface area contributed by atoms with Crippen LogP contribution in [-0.4, -0.2) is 66.6 Å². The van der Waals surface area contributed by atoms with Crippen molar-refractivity contribution >= 4 is 11.4 Å². The first-order chi connectivity index (χ1) is 22.3. The zero-order chi connectivity index (χ0) is 33.4. The van der Waals surface area contributed by atoms with E-state index in [2.05, 4.69) is 35.3 Å². The molecule has 0 unspecified atom stereocenters. The van der Waals surface area contributed by atoms with E-state index < -0.39 is 46.6 Å². The largest absolute Gasteiger partial charge is 0.384 e. The number of pyridine rings is 2. The van der Waals surface area contributed by atoms with E-state index in [1.807, 2.05) is 36.4 Å². The lowest BCUT2D eigenvalue weighted by atomic mass is 9.84. The van der Waals surface area contributed by atoms with Crippen LogP contribution in [0.1, 0.15) is 30.8 Å². The van der Waals surface area contributed by atoms with Gasteiger partial charge in [-0.1, -0.05) is 18.2 Å². The summed E-state index contributed by atoms with van der Waals surface area (Å²) in [7, 11) is 0. The van der Waals surface area contributed by atoms with Crippen LogP contribution in [0.25, 0.3) is 11.1 Å². The summed E-state index contributed by atoms with van der Waals surface area (Å²) in [5.41, 5.74) is -1.96. The Bertz CT molecular complexity index is 1810. The molecule has 0 bridgehead atoms. The fourth-order valence-corrected chi connectivity index (χ4v) is 5.65. The smallest absolute Gasteiger partial charge is 0.323 e. The van der Waals surface area contributed by atoms with Crippen LogP contribution in [0.15, 0.2) is 85.5 Å². The summed E-state index contributed by atoms with van der Waals surface area (Å²) in [6.45, 7) is 5.59. The number of hydrogen-bond acceptors (Lipinski definition) is 9. The Morgan fingerprint density at radius 2 is 1.36 bits per heavy atom. The van der Waals surface area contributed by atoms with E-state index in [0.29, 0.717) is 17.3 Å². The van der Waals surface area contributed by atoms with Crippen molar-refractivity contribution in [1.29, 1.82) is 0 Å². The molecule has 6 rings (SSSR count).